The second-order valence-corrected chi connectivity index (χ2v) is 11.2. The molecular formula is C33H38F2N8O7. The summed E-state index contributed by atoms with van der Waals surface area (Å²) in [5.41, 5.74) is 7.44. The number of aryl methyl sites for hydroxylation is 1. The minimum Gasteiger partial charge on any atom is -0.494 e. The van der Waals surface area contributed by atoms with Crippen molar-refractivity contribution in [2.24, 2.45) is 5.73 Å². The normalized spacial score (nSPS) is 15.3. The zero-order valence-electron chi connectivity index (χ0n) is 27.4. The number of imidazole rings is 1. The molecule has 6 N–H and O–H groups in total. The standard InChI is InChI=1S/C30H31F2N7O3.C2H5NO2.CH2O2/c1-18-16-19(5-6-20(18)29(40)37-12-14-38(15-13-37)30(41)22-4-3-9-33-22)36-27-28-35-17-23(39(28)11-10-34-27)21-7-8-24(42-2)26(32)25(21)31;3-1-2(4)5;2-1-3/h5-8,10-11,16-17,22,33H,3-4,9,12-15H2,1-2H3,(H,34,36);1,3H2,(H,4,5);1H,(H,2,3). The van der Waals surface area contributed by atoms with Crippen LogP contribution in [0.25, 0.3) is 16.9 Å². The molecule has 4 heterocycles. The van der Waals surface area contributed by atoms with Gasteiger partial charge in [-0.05, 0) is 62.2 Å². The number of nitrogens with zero attached hydrogens (tertiary/aromatic N) is 5. The van der Waals surface area contributed by atoms with Gasteiger partial charge in [-0.3, -0.25) is 23.6 Å². The third kappa shape index (κ3) is 8.48. The SMILES string of the molecule is COc1ccc(-c2cnc3c(Nc4ccc(C(=O)N5CCN(C(=O)C6CCCN6)CC5)c(C)c4)nccn23)c(F)c1F.NCC(=O)O.O=CO. The summed E-state index contributed by atoms with van der Waals surface area (Å²) in [6.07, 6.45) is 6.49. The fourth-order valence-electron chi connectivity index (χ4n) is 5.63. The summed E-state index contributed by atoms with van der Waals surface area (Å²) >= 11 is 0. The number of hydrogen-bond acceptors (Lipinski definition) is 10. The largest absolute Gasteiger partial charge is 0.494 e. The van der Waals surface area contributed by atoms with E-state index in [9.17, 15) is 23.2 Å². The Morgan fingerprint density at radius 3 is 2.38 bits per heavy atom. The van der Waals surface area contributed by atoms with Crippen molar-refractivity contribution in [1.29, 1.82) is 0 Å². The fraction of sp³-hybridized carbons (Fsp3) is 0.333. The summed E-state index contributed by atoms with van der Waals surface area (Å²) in [4.78, 5) is 56.1. The van der Waals surface area contributed by atoms with Gasteiger partial charge >= 0.3 is 5.97 Å². The molecule has 2 aromatic heterocycles. The van der Waals surface area contributed by atoms with Crippen LogP contribution in [0.1, 0.15) is 28.8 Å². The zero-order chi connectivity index (χ0) is 36.4. The van der Waals surface area contributed by atoms with E-state index in [0.29, 0.717) is 54.6 Å². The van der Waals surface area contributed by atoms with Crippen molar-refractivity contribution in [3.05, 3.63) is 71.7 Å². The summed E-state index contributed by atoms with van der Waals surface area (Å²) in [6.45, 7) is 4.24. The van der Waals surface area contributed by atoms with Crippen LogP contribution in [0, 0.1) is 18.6 Å². The number of hydrogen-bond donors (Lipinski definition) is 5. The molecule has 15 nitrogen and oxygen atoms in total. The molecule has 2 fully saturated rings. The smallest absolute Gasteiger partial charge is 0.317 e. The fourth-order valence-corrected chi connectivity index (χ4v) is 5.63. The van der Waals surface area contributed by atoms with Crippen molar-refractivity contribution in [3.63, 3.8) is 0 Å². The number of halogens is 2. The number of nitrogens with one attached hydrogen (secondary N) is 2. The van der Waals surface area contributed by atoms with E-state index < -0.39 is 17.6 Å². The van der Waals surface area contributed by atoms with Gasteiger partial charge in [0.25, 0.3) is 12.4 Å². The average Bonchev–Trinajstić information content (AvgIpc) is 3.81. The number of carboxylic acids is 1. The van der Waals surface area contributed by atoms with Crippen LogP contribution in [0.4, 0.5) is 20.3 Å². The molecule has 2 aliphatic heterocycles. The first-order valence-corrected chi connectivity index (χ1v) is 15.6. The number of piperazine rings is 1. The van der Waals surface area contributed by atoms with E-state index in [1.807, 2.05) is 17.9 Å². The highest BCUT2D eigenvalue weighted by Crippen LogP contribution is 2.31. The minimum atomic E-state index is -1.07. The maximum absolute atomic E-state index is 14.8. The molecule has 266 valence electrons. The van der Waals surface area contributed by atoms with Crippen molar-refractivity contribution in [3.8, 4) is 17.0 Å². The van der Waals surface area contributed by atoms with Gasteiger partial charge < -0.3 is 41.1 Å². The van der Waals surface area contributed by atoms with Crippen molar-refractivity contribution in [2.45, 2.75) is 25.8 Å². The van der Waals surface area contributed by atoms with Gasteiger partial charge in [-0.2, -0.15) is 4.39 Å². The quantitative estimate of drug-likeness (QED) is 0.177. The predicted octanol–water partition coefficient (Wildman–Crippen LogP) is 2.50. The molecule has 0 spiro atoms. The van der Waals surface area contributed by atoms with E-state index in [4.69, 9.17) is 19.7 Å². The maximum Gasteiger partial charge on any atom is 0.317 e. The van der Waals surface area contributed by atoms with Crippen LogP contribution in [-0.4, -0.2) is 111 Å². The molecule has 4 aromatic rings. The number of aromatic nitrogens is 3. The summed E-state index contributed by atoms with van der Waals surface area (Å²) in [5.74, 6) is -2.78. The van der Waals surface area contributed by atoms with Crippen molar-refractivity contribution >= 4 is 41.4 Å². The monoisotopic (exact) mass is 696 g/mol. The third-order valence-corrected chi connectivity index (χ3v) is 8.10. The van der Waals surface area contributed by atoms with E-state index in [1.54, 1.807) is 27.6 Å². The summed E-state index contributed by atoms with van der Waals surface area (Å²) in [5, 5.41) is 21.0. The molecule has 6 rings (SSSR count). The predicted molar refractivity (Wildman–Crippen MR) is 178 cm³/mol. The number of ether oxygens (including phenoxy) is 1. The van der Waals surface area contributed by atoms with Crippen LogP contribution in [0.2, 0.25) is 0 Å². The lowest BCUT2D eigenvalue weighted by molar-refractivity contribution is -0.135. The van der Waals surface area contributed by atoms with E-state index >= 15 is 0 Å². The summed E-state index contributed by atoms with van der Waals surface area (Å²) in [7, 11) is 1.28. The third-order valence-electron chi connectivity index (χ3n) is 8.10. The second-order valence-electron chi connectivity index (χ2n) is 11.2. The number of carboxylic acid groups (broad SMARTS) is 2. The number of amides is 2. The summed E-state index contributed by atoms with van der Waals surface area (Å²) < 4.78 is 35.7. The second kappa shape index (κ2) is 17.1. The van der Waals surface area contributed by atoms with Gasteiger partial charge in [0, 0.05) is 55.4 Å². The lowest BCUT2D eigenvalue weighted by atomic mass is 10.1. The molecule has 2 saturated heterocycles. The number of carbonyl (C=O) groups is 4. The molecule has 50 heavy (non-hydrogen) atoms. The Hall–Kier alpha value is -5.68. The molecule has 2 amide bonds. The Morgan fingerprint density at radius 1 is 1.10 bits per heavy atom. The van der Waals surface area contributed by atoms with Gasteiger partial charge in [0.2, 0.25) is 11.7 Å². The van der Waals surface area contributed by atoms with Crippen molar-refractivity contribution in [2.75, 3.05) is 51.7 Å². The van der Waals surface area contributed by atoms with Crippen LogP contribution >= 0.6 is 0 Å². The van der Waals surface area contributed by atoms with Crippen molar-refractivity contribution < 1.29 is 42.9 Å². The molecule has 17 heteroatoms. The van der Waals surface area contributed by atoms with E-state index in [-0.39, 0.29) is 42.2 Å². The van der Waals surface area contributed by atoms with Crippen LogP contribution in [0.5, 0.6) is 5.75 Å². The van der Waals surface area contributed by atoms with E-state index in [2.05, 4.69) is 26.3 Å². The maximum atomic E-state index is 14.8. The molecule has 0 saturated carbocycles. The highest BCUT2D eigenvalue weighted by molar-refractivity contribution is 5.96. The first-order chi connectivity index (χ1) is 24.0. The van der Waals surface area contributed by atoms with Crippen LogP contribution in [-0.2, 0) is 14.4 Å². The zero-order valence-corrected chi connectivity index (χ0v) is 27.4. The number of nitrogens with two attached hydrogens (primary N) is 1. The molecule has 2 aliphatic rings. The minimum absolute atomic E-state index is 0.0389. The number of aliphatic carboxylic acids is 1. The van der Waals surface area contributed by atoms with E-state index in [1.165, 1.54) is 31.6 Å². The lowest BCUT2D eigenvalue weighted by Gasteiger charge is -2.36. The Morgan fingerprint density at radius 2 is 1.78 bits per heavy atom. The molecule has 2 aromatic carbocycles. The number of benzene rings is 2. The van der Waals surface area contributed by atoms with Gasteiger partial charge in [-0.15, -0.1) is 0 Å². The first kappa shape index (κ1) is 37.1. The van der Waals surface area contributed by atoms with Gasteiger partial charge in [0.1, 0.15) is 0 Å². The molecule has 0 bridgehead atoms. The first-order valence-electron chi connectivity index (χ1n) is 15.6. The Kier molecular flexibility index (Phi) is 12.7. The van der Waals surface area contributed by atoms with Gasteiger partial charge in [0.15, 0.2) is 23.0 Å². The highest BCUT2D eigenvalue weighted by Gasteiger charge is 2.31. The molecule has 0 radical (unpaired) electrons. The van der Waals surface area contributed by atoms with Crippen LogP contribution < -0.4 is 21.1 Å². The van der Waals surface area contributed by atoms with Gasteiger partial charge in [-0.25, -0.2) is 14.4 Å². The highest BCUT2D eigenvalue weighted by atomic mass is 19.2. The van der Waals surface area contributed by atoms with E-state index in [0.717, 1.165) is 24.9 Å². The Bertz CT molecular complexity index is 1840. The number of fused-ring (bicyclic) bond motifs is 1. The number of anilines is 2. The topological polar surface area (TPSA) is 205 Å². The molecule has 1 atom stereocenters. The Labute approximate surface area is 285 Å². The van der Waals surface area contributed by atoms with Crippen molar-refractivity contribution in [1.82, 2.24) is 29.5 Å². The molecule has 0 aliphatic carbocycles. The average molecular weight is 697 g/mol. The van der Waals surface area contributed by atoms with Gasteiger partial charge in [0.05, 0.1) is 31.6 Å². The lowest BCUT2D eigenvalue weighted by Crippen LogP contribution is -2.54. The Balaban J connectivity index is 0.000000637. The molecule has 1 unspecified atom stereocenters. The number of carbonyl (C=O) groups excluding carboxylic acids is 2. The molecular weight excluding hydrogens is 658 g/mol. The summed E-state index contributed by atoms with van der Waals surface area (Å²) in [6, 6.07) is 8.12. The van der Waals surface area contributed by atoms with Crippen LogP contribution in [0.3, 0.4) is 0 Å². The van der Waals surface area contributed by atoms with Gasteiger partial charge in [-0.1, -0.05) is 0 Å². The number of methoxy groups -OCH3 is 1. The number of rotatable bonds is 7. The van der Waals surface area contributed by atoms with Crippen LogP contribution in [0.15, 0.2) is 48.9 Å².